The molecule has 7 heteroatoms. The second-order valence-electron chi connectivity index (χ2n) is 4.02. The number of hydrogen-bond acceptors (Lipinski definition) is 4. The van der Waals surface area contributed by atoms with E-state index in [2.05, 4.69) is 32.5 Å². The lowest BCUT2D eigenvalue weighted by molar-refractivity contribution is 0.581. The Morgan fingerprint density at radius 2 is 2.05 bits per heavy atom. The lowest BCUT2D eigenvalue weighted by atomic mass is 10.2. The van der Waals surface area contributed by atoms with E-state index in [0.717, 1.165) is 9.35 Å². The predicted octanol–water partition coefficient (Wildman–Crippen LogP) is 2.30. The van der Waals surface area contributed by atoms with Crippen LogP contribution in [0.5, 0.6) is 0 Å². The van der Waals surface area contributed by atoms with E-state index in [1.165, 1.54) is 17.4 Å². The summed E-state index contributed by atoms with van der Waals surface area (Å²) in [5.41, 5.74) is 5.78. The van der Waals surface area contributed by atoms with Gasteiger partial charge in [-0.15, -0.1) is 11.3 Å². The highest BCUT2D eigenvalue weighted by molar-refractivity contribution is 9.10. The van der Waals surface area contributed by atoms with Crippen LogP contribution < -0.4 is 10.5 Å². The van der Waals surface area contributed by atoms with Gasteiger partial charge in [-0.2, -0.15) is 0 Å². The summed E-state index contributed by atoms with van der Waals surface area (Å²) < 4.78 is 28.3. The molecule has 0 atom stereocenters. The summed E-state index contributed by atoms with van der Waals surface area (Å²) in [4.78, 5) is 1.09. The van der Waals surface area contributed by atoms with Crippen molar-refractivity contribution < 1.29 is 8.42 Å². The smallest absolute Gasteiger partial charge is 0.242 e. The first kappa shape index (κ1) is 16.2. The van der Waals surface area contributed by atoms with Gasteiger partial charge in [0.1, 0.15) is 0 Å². The largest absolute Gasteiger partial charge is 0.320 e. The quantitative estimate of drug-likeness (QED) is 0.794. The van der Waals surface area contributed by atoms with Crippen LogP contribution in [0.25, 0.3) is 0 Å². The van der Waals surface area contributed by atoms with Crippen LogP contribution in [-0.4, -0.2) is 15.0 Å². The summed E-state index contributed by atoms with van der Waals surface area (Å²) in [6, 6.07) is 8.50. The monoisotopic (exact) mass is 384 g/mol. The van der Waals surface area contributed by atoms with Gasteiger partial charge in [0.15, 0.2) is 0 Å². The van der Waals surface area contributed by atoms with Crippen molar-refractivity contribution in [2.75, 3.05) is 6.54 Å². The molecule has 0 spiro atoms. The Bertz CT molecular complexity index is 789. The van der Waals surface area contributed by atoms with E-state index in [1.54, 1.807) is 18.2 Å². The lowest BCUT2D eigenvalue weighted by Crippen LogP contribution is -2.23. The lowest BCUT2D eigenvalue weighted by Gasteiger charge is -2.08. The molecule has 0 aliphatic heterocycles. The zero-order valence-electron chi connectivity index (χ0n) is 11.0. The average molecular weight is 385 g/mol. The molecule has 0 saturated carbocycles. The van der Waals surface area contributed by atoms with Crippen LogP contribution in [0, 0.1) is 11.8 Å². The Hall–Kier alpha value is -1.17. The van der Waals surface area contributed by atoms with Crippen LogP contribution in [0.3, 0.4) is 0 Å². The van der Waals surface area contributed by atoms with Crippen molar-refractivity contribution in [3.63, 3.8) is 0 Å². The fourth-order valence-corrected chi connectivity index (χ4v) is 4.32. The summed E-state index contributed by atoms with van der Waals surface area (Å²) in [6.45, 7) is 0.420. The van der Waals surface area contributed by atoms with Gasteiger partial charge in [-0.05, 0) is 39.5 Å². The molecule has 0 radical (unpaired) electrons. The third kappa shape index (κ3) is 4.15. The van der Waals surface area contributed by atoms with Gasteiger partial charge < -0.3 is 5.73 Å². The maximum absolute atomic E-state index is 12.4. The molecule has 0 saturated heterocycles. The molecule has 1 aromatic heterocycles. The molecule has 3 N–H and O–H groups in total. The van der Waals surface area contributed by atoms with Gasteiger partial charge in [0.2, 0.25) is 10.0 Å². The van der Waals surface area contributed by atoms with E-state index in [9.17, 15) is 8.42 Å². The molecular weight excluding hydrogens is 372 g/mol. The van der Waals surface area contributed by atoms with E-state index in [0.29, 0.717) is 5.56 Å². The van der Waals surface area contributed by atoms with Crippen LogP contribution in [0.4, 0.5) is 0 Å². The topological polar surface area (TPSA) is 72.2 Å². The van der Waals surface area contributed by atoms with E-state index in [-0.39, 0.29) is 18.0 Å². The van der Waals surface area contributed by atoms with Gasteiger partial charge in [-0.3, -0.25) is 0 Å². The van der Waals surface area contributed by atoms with Crippen LogP contribution >= 0.6 is 27.3 Å². The Morgan fingerprint density at radius 3 is 2.71 bits per heavy atom. The maximum Gasteiger partial charge on any atom is 0.242 e. The van der Waals surface area contributed by atoms with Crippen LogP contribution in [0.1, 0.15) is 10.4 Å². The standard InChI is InChI=1S/C14H13BrN2O2S2/c15-12-7-9-20-13(12)10-17-21(18,19)14-6-2-1-4-11(14)5-3-8-16/h1-2,4,6-7,9,17H,8,10,16H2. The normalized spacial score (nSPS) is 11.0. The number of nitrogens with two attached hydrogens (primary N) is 1. The summed E-state index contributed by atoms with van der Waals surface area (Å²) in [7, 11) is -3.62. The van der Waals surface area contributed by atoms with Crippen molar-refractivity contribution in [3.05, 3.63) is 50.6 Å². The summed E-state index contributed by atoms with van der Waals surface area (Å²) in [6.07, 6.45) is 0. The van der Waals surface area contributed by atoms with E-state index >= 15 is 0 Å². The first-order valence-electron chi connectivity index (χ1n) is 6.04. The summed E-state index contributed by atoms with van der Waals surface area (Å²) in [5.74, 6) is 5.46. The van der Waals surface area contributed by atoms with E-state index < -0.39 is 10.0 Å². The molecule has 0 aliphatic rings. The molecule has 1 aromatic carbocycles. The number of benzene rings is 1. The molecule has 2 rings (SSSR count). The van der Waals surface area contributed by atoms with Crippen LogP contribution in [0.15, 0.2) is 45.1 Å². The van der Waals surface area contributed by atoms with Gasteiger partial charge in [-0.1, -0.05) is 24.0 Å². The van der Waals surface area contributed by atoms with E-state index in [4.69, 9.17) is 5.73 Å². The zero-order valence-corrected chi connectivity index (χ0v) is 14.2. The van der Waals surface area contributed by atoms with Crippen LogP contribution in [0.2, 0.25) is 0 Å². The molecule has 0 fully saturated rings. The summed E-state index contributed by atoms with van der Waals surface area (Å²) in [5, 5.41) is 1.90. The van der Waals surface area contributed by atoms with E-state index in [1.807, 2.05) is 11.4 Å². The Balaban J connectivity index is 2.26. The molecule has 0 bridgehead atoms. The molecule has 0 aliphatic carbocycles. The predicted molar refractivity (Wildman–Crippen MR) is 88.4 cm³/mol. The second kappa shape index (κ2) is 7.20. The average Bonchev–Trinajstić information content (AvgIpc) is 2.89. The first-order valence-corrected chi connectivity index (χ1v) is 9.19. The fourth-order valence-electron chi connectivity index (χ4n) is 1.64. The minimum Gasteiger partial charge on any atom is -0.320 e. The highest BCUT2D eigenvalue weighted by Crippen LogP contribution is 2.23. The van der Waals surface area contributed by atoms with Crippen molar-refractivity contribution >= 4 is 37.3 Å². The molecular formula is C14H13BrN2O2S2. The van der Waals surface area contributed by atoms with Gasteiger partial charge in [0, 0.05) is 21.5 Å². The maximum atomic E-state index is 12.4. The highest BCUT2D eigenvalue weighted by atomic mass is 79.9. The number of nitrogens with one attached hydrogen (secondary N) is 1. The SMILES string of the molecule is NCC#Cc1ccccc1S(=O)(=O)NCc1sccc1Br. The molecule has 0 unspecified atom stereocenters. The third-order valence-electron chi connectivity index (χ3n) is 2.62. The number of sulfonamides is 1. The number of thiophene rings is 1. The fraction of sp³-hybridized carbons (Fsp3) is 0.143. The summed E-state index contributed by atoms with van der Waals surface area (Å²) >= 11 is 4.86. The highest BCUT2D eigenvalue weighted by Gasteiger charge is 2.17. The minimum atomic E-state index is -3.62. The minimum absolute atomic E-state index is 0.165. The Morgan fingerprint density at radius 1 is 1.29 bits per heavy atom. The Labute approximate surface area is 136 Å². The number of hydrogen-bond donors (Lipinski definition) is 2. The molecule has 21 heavy (non-hydrogen) atoms. The molecule has 110 valence electrons. The van der Waals surface area contributed by atoms with Crippen molar-refractivity contribution in [2.24, 2.45) is 5.73 Å². The second-order valence-corrected chi connectivity index (χ2v) is 7.61. The van der Waals surface area contributed by atoms with Crippen molar-refractivity contribution in [2.45, 2.75) is 11.4 Å². The third-order valence-corrected chi connectivity index (χ3v) is 6.00. The molecule has 0 amide bonds. The number of rotatable bonds is 4. The van der Waals surface area contributed by atoms with Crippen LogP contribution in [-0.2, 0) is 16.6 Å². The van der Waals surface area contributed by atoms with Crippen molar-refractivity contribution in [1.29, 1.82) is 0 Å². The molecule has 1 heterocycles. The van der Waals surface area contributed by atoms with Gasteiger partial charge in [-0.25, -0.2) is 13.1 Å². The van der Waals surface area contributed by atoms with Gasteiger partial charge in [0.05, 0.1) is 11.4 Å². The number of halogens is 1. The van der Waals surface area contributed by atoms with Crippen molar-refractivity contribution in [3.8, 4) is 11.8 Å². The Kier molecular flexibility index (Phi) is 5.56. The molecule has 2 aromatic rings. The zero-order chi connectivity index (χ0) is 15.3. The van der Waals surface area contributed by atoms with Gasteiger partial charge in [0.25, 0.3) is 0 Å². The van der Waals surface area contributed by atoms with Crippen molar-refractivity contribution in [1.82, 2.24) is 4.72 Å². The van der Waals surface area contributed by atoms with Gasteiger partial charge >= 0.3 is 0 Å². The molecule has 4 nitrogen and oxygen atoms in total. The first-order chi connectivity index (χ1) is 10.0.